The van der Waals surface area contributed by atoms with Crippen LogP contribution in [0, 0.1) is 5.92 Å². The molecule has 11 nitrogen and oxygen atoms in total. The Bertz CT molecular complexity index is 1620. The van der Waals surface area contributed by atoms with Crippen LogP contribution in [-0.2, 0) is 19.9 Å². The number of hydrogen-bond donors (Lipinski definition) is 3. The van der Waals surface area contributed by atoms with Crippen molar-refractivity contribution in [2.75, 3.05) is 20.8 Å². The molecule has 5 rings (SSSR count). The van der Waals surface area contributed by atoms with Crippen molar-refractivity contribution in [2.45, 2.75) is 36.9 Å². The number of ether oxygens (including phenoxy) is 4. The van der Waals surface area contributed by atoms with E-state index in [2.05, 4.69) is 4.98 Å². The second kappa shape index (κ2) is 13.3. The van der Waals surface area contributed by atoms with E-state index >= 15 is 0 Å². The highest BCUT2D eigenvalue weighted by Gasteiger charge is 2.47. The molecule has 0 aliphatic carbocycles. The molecule has 3 aromatic carbocycles. The number of hydrogen-bond acceptors (Lipinski definition) is 8. The minimum Gasteiger partial charge on any atom is -0.497 e. The Kier molecular flexibility index (Phi) is 9.29. The summed E-state index contributed by atoms with van der Waals surface area (Å²) in [4.78, 5) is 38.3. The molecule has 1 aliphatic heterocycles. The molecule has 0 saturated carbocycles. The molecule has 1 aliphatic rings. The van der Waals surface area contributed by atoms with Gasteiger partial charge in [0, 0.05) is 24.6 Å². The summed E-state index contributed by atoms with van der Waals surface area (Å²) in [6, 6.07) is 25.9. The monoisotopic (exact) mass is 601 g/mol. The SMILES string of the molecule is COc1ccc(C(OC[C@H]2O[C@@H](n3ccc(=O)[nH]c3=O)[C@H](CCC(N)=O)[C@@H]2O)(c2ccccc2)c2ccc(OC)cc2)cc1. The van der Waals surface area contributed by atoms with E-state index in [4.69, 9.17) is 24.7 Å². The number of carbonyl (C=O) groups is 1. The minimum atomic E-state index is -1.17. The number of aromatic amines is 1. The van der Waals surface area contributed by atoms with Gasteiger partial charge in [-0.2, -0.15) is 0 Å². The lowest BCUT2D eigenvalue weighted by Crippen LogP contribution is -2.39. The summed E-state index contributed by atoms with van der Waals surface area (Å²) in [6.45, 7) is -0.101. The van der Waals surface area contributed by atoms with Gasteiger partial charge in [0.05, 0.1) is 26.9 Å². The summed E-state index contributed by atoms with van der Waals surface area (Å²) in [7, 11) is 3.19. The first-order valence-electron chi connectivity index (χ1n) is 14.2. The van der Waals surface area contributed by atoms with Crippen LogP contribution in [0.5, 0.6) is 11.5 Å². The number of aromatic nitrogens is 2. The number of benzene rings is 3. The third-order valence-corrected chi connectivity index (χ3v) is 7.99. The van der Waals surface area contributed by atoms with Crippen LogP contribution in [0.4, 0.5) is 0 Å². The fraction of sp³-hybridized carbons (Fsp3) is 0.303. The maximum absolute atomic E-state index is 12.7. The first-order valence-corrected chi connectivity index (χ1v) is 14.2. The molecule has 4 atom stereocenters. The van der Waals surface area contributed by atoms with Gasteiger partial charge >= 0.3 is 5.69 Å². The first kappa shape index (κ1) is 30.7. The quantitative estimate of drug-likeness (QED) is 0.210. The molecule has 11 heteroatoms. The minimum absolute atomic E-state index is 0.0289. The van der Waals surface area contributed by atoms with Crippen molar-refractivity contribution in [1.82, 2.24) is 9.55 Å². The fourth-order valence-electron chi connectivity index (χ4n) is 5.75. The van der Waals surface area contributed by atoms with Gasteiger partial charge in [0.1, 0.15) is 29.4 Å². The number of methoxy groups -OCH3 is 2. The molecule has 0 radical (unpaired) electrons. The zero-order valence-electron chi connectivity index (χ0n) is 24.4. The molecule has 4 N–H and O–H groups in total. The van der Waals surface area contributed by atoms with E-state index < -0.39 is 47.1 Å². The molecule has 1 fully saturated rings. The maximum Gasteiger partial charge on any atom is 0.330 e. The van der Waals surface area contributed by atoms with Crippen LogP contribution in [0.15, 0.2) is 101 Å². The van der Waals surface area contributed by atoms with Crippen LogP contribution < -0.4 is 26.5 Å². The molecular formula is C33H35N3O8. The van der Waals surface area contributed by atoms with E-state index in [-0.39, 0.29) is 19.4 Å². The van der Waals surface area contributed by atoms with Crippen molar-refractivity contribution in [3.8, 4) is 11.5 Å². The van der Waals surface area contributed by atoms with Gasteiger partial charge in [-0.1, -0.05) is 54.6 Å². The zero-order valence-corrected chi connectivity index (χ0v) is 24.4. The summed E-state index contributed by atoms with van der Waals surface area (Å²) in [6.07, 6.45) is -1.57. The summed E-state index contributed by atoms with van der Waals surface area (Å²) in [5.41, 5.74) is 5.39. The molecule has 44 heavy (non-hydrogen) atoms. The van der Waals surface area contributed by atoms with Gasteiger partial charge in [0.15, 0.2) is 0 Å². The molecule has 0 spiro atoms. The number of primary amides is 1. The number of aliphatic hydroxyl groups excluding tert-OH is 1. The van der Waals surface area contributed by atoms with Crippen LogP contribution in [0.2, 0.25) is 0 Å². The highest BCUT2D eigenvalue weighted by atomic mass is 16.6. The van der Waals surface area contributed by atoms with Crippen molar-refractivity contribution < 1.29 is 28.8 Å². The predicted octanol–water partition coefficient (Wildman–Crippen LogP) is 2.70. The van der Waals surface area contributed by atoms with E-state index in [0.29, 0.717) is 11.5 Å². The number of aliphatic hydroxyl groups is 1. The number of carbonyl (C=O) groups excluding carboxylic acids is 1. The average molecular weight is 602 g/mol. The number of amides is 1. The molecule has 1 aromatic heterocycles. The molecule has 230 valence electrons. The molecule has 2 heterocycles. The van der Waals surface area contributed by atoms with Gasteiger partial charge in [-0.25, -0.2) is 4.79 Å². The highest BCUT2D eigenvalue weighted by molar-refractivity contribution is 5.73. The molecule has 1 amide bonds. The van der Waals surface area contributed by atoms with Crippen LogP contribution in [0.3, 0.4) is 0 Å². The summed E-state index contributed by atoms with van der Waals surface area (Å²) < 4.78 is 25.2. The van der Waals surface area contributed by atoms with E-state index in [1.54, 1.807) is 14.2 Å². The summed E-state index contributed by atoms with van der Waals surface area (Å²) in [5, 5.41) is 11.5. The van der Waals surface area contributed by atoms with Crippen LogP contribution in [0.25, 0.3) is 0 Å². The van der Waals surface area contributed by atoms with E-state index in [9.17, 15) is 19.5 Å². The Morgan fingerprint density at radius 3 is 2.00 bits per heavy atom. The topological polar surface area (TPSA) is 155 Å². The molecule has 0 bridgehead atoms. The van der Waals surface area contributed by atoms with Crippen LogP contribution >= 0.6 is 0 Å². The van der Waals surface area contributed by atoms with Crippen molar-refractivity contribution >= 4 is 5.91 Å². The van der Waals surface area contributed by atoms with E-state index in [1.165, 1.54) is 16.8 Å². The van der Waals surface area contributed by atoms with Gasteiger partial charge in [0.25, 0.3) is 5.56 Å². The Morgan fingerprint density at radius 1 is 0.909 bits per heavy atom. The van der Waals surface area contributed by atoms with Gasteiger partial charge in [-0.15, -0.1) is 0 Å². The van der Waals surface area contributed by atoms with Crippen molar-refractivity contribution in [2.24, 2.45) is 11.7 Å². The van der Waals surface area contributed by atoms with Crippen molar-refractivity contribution in [1.29, 1.82) is 0 Å². The first-order chi connectivity index (χ1) is 21.3. The fourth-order valence-corrected chi connectivity index (χ4v) is 5.75. The second-order valence-electron chi connectivity index (χ2n) is 10.6. The maximum atomic E-state index is 12.7. The lowest BCUT2D eigenvalue weighted by atomic mass is 9.80. The summed E-state index contributed by atoms with van der Waals surface area (Å²) in [5.74, 6) is 0.109. The highest BCUT2D eigenvalue weighted by Crippen LogP contribution is 2.44. The molecular weight excluding hydrogens is 566 g/mol. The Labute approximate surface area is 253 Å². The van der Waals surface area contributed by atoms with Crippen LogP contribution in [0.1, 0.15) is 35.8 Å². The Morgan fingerprint density at radius 2 is 1.48 bits per heavy atom. The number of H-pyrrole nitrogens is 1. The average Bonchev–Trinajstić information content (AvgIpc) is 3.35. The molecule has 0 unspecified atom stereocenters. The van der Waals surface area contributed by atoms with Gasteiger partial charge in [-0.3, -0.25) is 19.1 Å². The molecule has 1 saturated heterocycles. The Balaban J connectivity index is 1.57. The number of nitrogens with one attached hydrogen (secondary N) is 1. The normalized spacial score (nSPS) is 19.9. The predicted molar refractivity (Wildman–Crippen MR) is 161 cm³/mol. The largest absolute Gasteiger partial charge is 0.497 e. The second-order valence-corrected chi connectivity index (χ2v) is 10.6. The van der Waals surface area contributed by atoms with Crippen LogP contribution in [-0.4, -0.2) is 53.6 Å². The van der Waals surface area contributed by atoms with Gasteiger partial charge in [-0.05, 0) is 47.4 Å². The smallest absolute Gasteiger partial charge is 0.330 e. The van der Waals surface area contributed by atoms with Crippen molar-refractivity contribution in [3.63, 3.8) is 0 Å². The third-order valence-electron chi connectivity index (χ3n) is 7.99. The van der Waals surface area contributed by atoms with Gasteiger partial charge < -0.3 is 29.8 Å². The third kappa shape index (κ3) is 6.16. The van der Waals surface area contributed by atoms with Crippen molar-refractivity contribution in [3.05, 3.63) is 129 Å². The molecule has 4 aromatic rings. The summed E-state index contributed by atoms with van der Waals surface area (Å²) >= 11 is 0. The lowest BCUT2D eigenvalue weighted by molar-refractivity contribution is -0.118. The van der Waals surface area contributed by atoms with E-state index in [0.717, 1.165) is 16.7 Å². The number of nitrogens with zero attached hydrogens (tertiary/aromatic N) is 1. The number of rotatable bonds is 12. The standard InChI is InChI=1S/C33H35N3O8/c1-41-24-12-8-22(9-13-24)33(21-6-4-3-5-7-21,23-10-14-25(42-2)15-11-23)43-20-27-30(39)26(16-17-28(34)37)31(44-27)36-19-18-29(38)35-32(36)40/h3-15,18-19,26-27,30-31,39H,16-17,20H2,1-2H3,(H2,34,37)(H,35,38,40)/t26-,27-,30+,31-/m1/s1. The lowest BCUT2D eigenvalue weighted by Gasteiger charge is -2.37. The Hall–Kier alpha value is -4.71. The zero-order chi connectivity index (χ0) is 31.3. The van der Waals surface area contributed by atoms with E-state index in [1.807, 2.05) is 78.9 Å². The van der Waals surface area contributed by atoms with Gasteiger partial charge in [0.2, 0.25) is 5.91 Å². The number of nitrogens with two attached hydrogens (primary N) is 1.